The van der Waals surface area contributed by atoms with Gasteiger partial charge in [0.2, 0.25) is 0 Å². The molecule has 2 aliphatic rings. The molecule has 0 fully saturated rings. The molecule has 0 N–H and O–H groups in total. The number of para-hydroxylation sites is 1. The molecule has 2 aromatic heterocycles. The van der Waals surface area contributed by atoms with E-state index in [4.69, 9.17) is 15.0 Å². The molecule has 2 heterocycles. The van der Waals surface area contributed by atoms with E-state index in [9.17, 15) is 0 Å². The van der Waals surface area contributed by atoms with Crippen molar-refractivity contribution in [3.05, 3.63) is 186 Å². The van der Waals surface area contributed by atoms with E-state index in [0.29, 0.717) is 17.5 Å². The van der Waals surface area contributed by atoms with Crippen LogP contribution in [0.4, 0.5) is 0 Å². The van der Waals surface area contributed by atoms with Crippen LogP contribution in [0.5, 0.6) is 0 Å². The molecule has 248 valence electrons. The second-order valence-electron chi connectivity index (χ2n) is 13.4. The highest BCUT2D eigenvalue weighted by atomic mass is 15.0. The fraction of sp³-hybridized carbons (Fsp3) is 0.0408. The average Bonchev–Trinajstić information content (AvgIpc) is 3.58. The van der Waals surface area contributed by atoms with Crippen molar-refractivity contribution >= 4 is 39.4 Å². The van der Waals surface area contributed by atoms with E-state index < -0.39 is 0 Å². The van der Waals surface area contributed by atoms with Gasteiger partial charge in [0.05, 0.1) is 11.2 Å². The summed E-state index contributed by atoms with van der Waals surface area (Å²) in [5, 5.41) is 3.62. The molecule has 6 aromatic carbocycles. The summed E-state index contributed by atoms with van der Waals surface area (Å²) in [4.78, 5) is 14.8. The van der Waals surface area contributed by atoms with Crippen LogP contribution in [0.2, 0.25) is 0 Å². The molecule has 8 aromatic rings. The van der Waals surface area contributed by atoms with Crippen LogP contribution in [0.15, 0.2) is 169 Å². The predicted octanol–water partition coefficient (Wildman–Crippen LogP) is 12.2. The quantitative estimate of drug-likeness (QED) is 0.165. The summed E-state index contributed by atoms with van der Waals surface area (Å²) in [7, 11) is 0. The summed E-state index contributed by atoms with van der Waals surface area (Å²) < 4.78 is 2.33. The molecule has 2 aliphatic carbocycles. The molecule has 10 rings (SSSR count). The zero-order valence-corrected chi connectivity index (χ0v) is 28.9. The van der Waals surface area contributed by atoms with E-state index in [-0.39, 0.29) is 0 Å². The summed E-state index contributed by atoms with van der Waals surface area (Å²) in [5.41, 5.74) is 18.5. The second kappa shape index (κ2) is 12.9. The zero-order valence-electron chi connectivity index (χ0n) is 28.9. The van der Waals surface area contributed by atoms with E-state index in [1.807, 2.05) is 42.5 Å². The van der Waals surface area contributed by atoms with Crippen molar-refractivity contribution in [3.8, 4) is 50.7 Å². The molecule has 0 aliphatic heterocycles. The Morgan fingerprint density at radius 3 is 2.06 bits per heavy atom. The molecule has 0 bridgehead atoms. The third-order valence-electron chi connectivity index (χ3n) is 10.2. The highest BCUT2D eigenvalue weighted by Gasteiger charge is 2.17. The maximum absolute atomic E-state index is 4.96. The van der Waals surface area contributed by atoms with Crippen LogP contribution in [-0.4, -0.2) is 19.5 Å². The van der Waals surface area contributed by atoms with Crippen molar-refractivity contribution in [3.63, 3.8) is 0 Å². The van der Waals surface area contributed by atoms with E-state index in [1.54, 1.807) is 0 Å². The minimum Gasteiger partial charge on any atom is -0.309 e. The van der Waals surface area contributed by atoms with Gasteiger partial charge in [0.15, 0.2) is 17.5 Å². The lowest BCUT2D eigenvalue weighted by Crippen LogP contribution is -2.03. The number of fused-ring (bicyclic) bond motifs is 4. The molecule has 0 saturated carbocycles. The number of hydrogen-bond acceptors (Lipinski definition) is 3. The Hall–Kier alpha value is -7.09. The first-order valence-corrected chi connectivity index (χ1v) is 18.0. The van der Waals surface area contributed by atoms with Gasteiger partial charge in [0.25, 0.3) is 0 Å². The summed E-state index contributed by atoms with van der Waals surface area (Å²) >= 11 is 0. The lowest BCUT2D eigenvalue weighted by Gasteiger charge is -2.13. The van der Waals surface area contributed by atoms with Gasteiger partial charge in [-0.3, -0.25) is 0 Å². The first-order valence-electron chi connectivity index (χ1n) is 18.0. The molecule has 0 spiro atoms. The van der Waals surface area contributed by atoms with Gasteiger partial charge >= 0.3 is 0 Å². The van der Waals surface area contributed by atoms with Gasteiger partial charge in [-0.2, -0.15) is 0 Å². The number of aromatic nitrogens is 4. The van der Waals surface area contributed by atoms with E-state index in [2.05, 4.69) is 143 Å². The first kappa shape index (κ1) is 30.7. The van der Waals surface area contributed by atoms with E-state index >= 15 is 0 Å². The molecule has 0 amide bonds. The van der Waals surface area contributed by atoms with Crippen molar-refractivity contribution in [1.82, 2.24) is 19.5 Å². The number of benzene rings is 6. The van der Waals surface area contributed by atoms with Gasteiger partial charge in [0.1, 0.15) is 0 Å². The van der Waals surface area contributed by atoms with Gasteiger partial charge in [-0.05, 0) is 76.2 Å². The number of rotatable bonds is 6. The highest BCUT2D eigenvalue weighted by molar-refractivity contribution is 6.00. The molecular weight excluding hydrogens is 645 g/mol. The van der Waals surface area contributed by atoms with Gasteiger partial charge < -0.3 is 4.57 Å². The third kappa shape index (κ3) is 5.56. The van der Waals surface area contributed by atoms with Crippen LogP contribution in [0, 0.1) is 0 Å². The lowest BCUT2D eigenvalue weighted by atomic mass is 9.94. The van der Waals surface area contributed by atoms with Crippen LogP contribution >= 0.6 is 0 Å². The second-order valence-corrected chi connectivity index (χ2v) is 13.4. The molecule has 4 heteroatoms. The Bertz CT molecular complexity index is 2890. The van der Waals surface area contributed by atoms with Crippen molar-refractivity contribution < 1.29 is 0 Å². The number of nitrogens with zero attached hydrogens (tertiary/aromatic N) is 4. The summed E-state index contributed by atoms with van der Waals surface area (Å²) in [6.07, 6.45) is 12.6. The van der Waals surface area contributed by atoms with Crippen LogP contribution in [0.3, 0.4) is 0 Å². The minimum atomic E-state index is 0.666. The Balaban J connectivity index is 1.03. The van der Waals surface area contributed by atoms with Crippen molar-refractivity contribution in [2.75, 3.05) is 0 Å². The van der Waals surface area contributed by atoms with Crippen molar-refractivity contribution in [2.45, 2.75) is 12.8 Å². The normalized spacial score (nSPS) is 13.1. The molecule has 0 atom stereocenters. The Labute approximate surface area is 307 Å². The topological polar surface area (TPSA) is 43.6 Å². The summed E-state index contributed by atoms with van der Waals surface area (Å²) in [6, 6.07) is 49.4. The SMILES string of the molecule is C1=C=Cc2c(c3ccccc3n2-c2cccc(-c3ccc4cccc(-c5ccc(-c6nc(C7=CCCC=C7)nc(-c7ccccc7)n6)cc5)c4c3)c2)C=1. The summed E-state index contributed by atoms with van der Waals surface area (Å²) in [5.74, 6) is 2.05. The summed E-state index contributed by atoms with van der Waals surface area (Å²) in [6.45, 7) is 0. The monoisotopic (exact) mass is 676 g/mol. The van der Waals surface area contributed by atoms with E-state index in [0.717, 1.165) is 52.0 Å². The maximum Gasteiger partial charge on any atom is 0.164 e. The van der Waals surface area contributed by atoms with Crippen LogP contribution < -0.4 is 0 Å². The maximum atomic E-state index is 4.96. The van der Waals surface area contributed by atoms with Gasteiger partial charge in [0, 0.05) is 39.4 Å². The first-order chi connectivity index (χ1) is 26.3. The number of allylic oxidation sites excluding steroid dienone is 4. The van der Waals surface area contributed by atoms with Gasteiger partial charge in [-0.1, -0.05) is 145 Å². The third-order valence-corrected chi connectivity index (χ3v) is 10.2. The van der Waals surface area contributed by atoms with Crippen LogP contribution in [0.1, 0.15) is 29.9 Å². The molecule has 0 radical (unpaired) electrons. The Morgan fingerprint density at radius 2 is 1.21 bits per heavy atom. The van der Waals surface area contributed by atoms with Gasteiger partial charge in [-0.15, -0.1) is 0 Å². The fourth-order valence-electron chi connectivity index (χ4n) is 7.54. The van der Waals surface area contributed by atoms with Crippen LogP contribution in [-0.2, 0) is 0 Å². The Kier molecular flexibility index (Phi) is 7.48. The van der Waals surface area contributed by atoms with Crippen LogP contribution in [0.25, 0.3) is 90.1 Å². The zero-order chi connectivity index (χ0) is 35.1. The minimum absolute atomic E-state index is 0.666. The fourth-order valence-corrected chi connectivity index (χ4v) is 7.54. The predicted molar refractivity (Wildman–Crippen MR) is 218 cm³/mol. The van der Waals surface area contributed by atoms with E-state index in [1.165, 1.54) is 38.4 Å². The number of hydrogen-bond donors (Lipinski definition) is 0. The molecule has 0 saturated heterocycles. The average molecular weight is 677 g/mol. The Morgan fingerprint density at radius 1 is 0.509 bits per heavy atom. The smallest absolute Gasteiger partial charge is 0.164 e. The highest BCUT2D eigenvalue weighted by Crippen LogP contribution is 2.36. The van der Waals surface area contributed by atoms with Crippen molar-refractivity contribution in [1.29, 1.82) is 0 Å². The molecule has 0 unspecified atom stereocenters. The molecule has 4 nitrogen and oxygen atoms in total. The molecule has 53 heavy (non-hydrogen) atoms. The standard InChI is InChI=1S/C49H32N4/c1-3-13-35(14-4-1)47-50-48(36-15-5-2-6-16-36)52-49(51-47)37-28-25-34(26-29-37)41-22-12-17-33-27-30-39(32-44(33)41)38-18-11-19-40(31-38)53-45-23-9-7-20-42(45)43-21-8-10-24-46(43)53/h1,3-5,7,9,11-32H,2,6H2. The largest absolute Gasteiger partial charge is 0.309 e. The van der Waals surface area contributed by atoms with Crippen molar-refractivity contribution in [2.24, 2.45) is 0 Å². The molecular formula is C49H32N4. The lowest BCUT2D eigenvalue weighted by molar-refractivity contribution is 1.01. The van der Waals surface area contributed by atoms with Gasteiger partial charge in [-0.25, -0.2) is 15.0 Å².